The lowest BCUT2D eigenvalue weighted by Crippen LogP contribution is -2.44. The Labute approximate surface area is 159 Å². The van der Waals surface area contributed by atoms with Crippen molar-refractivity contribution >= 4 is 33.0 Å². The molecule has 5 nitrogen and oxygen atoms in total. The highest BCUT2D eigenvalue weighted by Gasteiger charge is 2.34. The number of benzene rings is 1. The van der Waals surface area contributed by atoms with Crippen molar-refractivity contribution in [2.75, 3.05) is 24.5 Å². The molecule has 3 rings (SSSR count). The lowest BCUT2D eigenvalue weighted by Gasteiger charge is -2.33. The molecule has 0 spiro atoms. The number of nitrogens with zero attached hydrogens (tertiary/aromatic N) is 2. The molecule has 0 radical (unpaired) electrons. The third kappa shape index (κ3) is 3.84. The topological polar surface area (TPSA) is 57.7 Å². The summed E-state index contributed by atoms with van der Waals surface area (Å²) >= 11 is 1.23. The minimum Gasteiger partial charge on any atom is -0.312 e. The second-order valence-electron chi connectivity index (χ2n) is 6.53. The van der Waals surface area contributed by atoms with Crippen LogP contribution in [0.1, 0.15) is 25.3 Å². The van der Waals surface area contributed by atoms with Gasteiger partial charge in [-0.25, -0.2) is 8.42 Å². The maximum absolute atomic E-state index is 13.0. The minimum absolute atomic E-state index is 0.0891. The van der Waals surface area contributed by atoms with Crippen LogP contribution >= 0.6 is 11.3 Å². The molecule has 7 heteroatoms. The minimum atomic E-state index is -3.42. The van der Waals surface area contributed by atoms with E-state index in [0.717, 1.165) is 11.3 Å². The lowest BCUT2D eigenvalue weighted by molar-refractivity contribution is -0.123. The quantitative estimate of drug-likeness (QED) is 0.782. The van der Waals surface area contributed by atoms with Gasteiger partial charge in [0.25, 0.3) is 10.0 Å². The molecule has 0 N–H and O–H groups in total. The summed E-state index contributed by atoms with van der Waals surface area (Å²) in [7, 11) is -3.42. The van der Waals surface area contributed by atoms with Crippen LogP contribution in [0.5, 0.6) is 0 Å². The summed E-state index contributed by atoms with van der Waals surface area (Å²) < 4.78 is 27.1. The van der Waals surface area contributed by atoms with Crippen LogP contribution in [0.15, 0.2) is 46.0 Å². The molecule has 1 aromatic heterocycles. The second kappa shape index (κ2) is 7.90. The number of rotatable bonds is 5. The third-order valence-electron chi connectivity index (χ3n) is 4.79. The number of sulfonamides is 1. The van der Waals surface area contributed by atoms with E-state index in [1.165, 1.54) is 15.6 Å². The Kier molecular flexibility index (Phi) is 5.79. The van der Waals surface area contributed by atoms with Gasteiger partial charge in [0.1, 0.15) is 4.21 Å². The highest BCUT2D eigenvalue weighted by Crippen LogP contribution is 2.28. The van der Waals surface area contributed by atoms with Crippen molar-refractivity contribution in [3.8, 4) is 0 Å². The lowest BCUT2D eigenvalue weighted by atomic mass is 9.96. The fraction of sp³-hybridized carbons (Fsp3) is 0.421. The van der Waals surface area contributed by atoms with E-state index in [0.29, 0.717) is 36.7 Å². The number of carbonyl (C=O) groups excluding carboxylic acids is 1. The van der Waals surface area contributed by atoms with Crippen LogP contribution in [0, 0.1) is 12.8 Å². The molecule has 1 aliphatic heterocycles. The molecule has 26 heavy (non-hydrogen) atoms. The van der Waals surface area contributed by atoms with Gasteiger partial charge in [0, 0.05) is 31.2 Å². The first-order chi connectivity index (χ1) is 12.4. The van der Waals surface area contributed by atoms with Gasteiger partial charge in [-0.1, -0.05) is 18.2 Å². The summed E-state index contributed by atoms with van der Waals surface area (Å²) in [5, 5.41) is 1.77. The van der Waals surface area contributed by atoms with Gasteiger partial charge in [0.05, 0.1) is 0 Å². The molecule has 1 aromatic carbocycles. The van der Waals surface area contributed by atoms with E-state index in [9.17, 15) is 13.2 Å². The summed E-state index contributed by atoms with van der Waals surface area (Å²) in [5.74, 6) is -0.0449. The number of aryl methyl sites for hydroxylation is 1. The monoisotopic (exact) mass is 392 g/mol. The zero-order valence-corrected chi connectivity index (χ0v) is 16.7. The average Bonchev–Trinajstić information content (AvgIpc) is 3.18. The number of piperidine rings is 1. The van der Waals surface area contributed by atoms with Crippen LogP contribution < -0.4 is 4.90 Å². The average molecular weight is 393 g/mol. The van der Waals surface area contributed by atoms with Crippen molar-refractivity contribution in [2.45, 2.75) is 30.9 Å². The van der Waals surface area contributed by atoms with E-state index in [1.54, 1.807) is 22.4 Å². The standard InChI is InChI=1S/C19H24N2O3S2/c1-3-21(17-7-4-6-15(2)14-17)19(22)16-9-11-20(12-10-16)26(23,24)18-8-5-13-25-18/h4-8,13-14,16H,3,9-12H2,1-2H3. The highest BCUT2D eigenvalue weighted by atomic mass is 32.2. The zero-order valence-electron chi connectivity index (χ0n) is 15.1. The van der Waals surface area contributed by atoms with Crippen molar-refractivity contribution in [1.82, 2.24) is 4.31 Å². The van der Waals surface area contributed by atoms with Gasteiger partial charge in [-0.3, -0.25) is 4.79 Å². The summed E-state index contributed by atoms with van der Waals surface area (Å²) in [6.45, 7) is 5.37. The number of hydrogen-bond acceptors (Lipinski definition) is 4. The first-order valence-corrected chi connectivity index (χ1v) is 11.2. The molecule has 0 aliphatic carbocycles. The first-order valence-electron chi connectivity index (χ1n) is 8.85. The van der Waals surface area contributed by atoms with Crippen molar-refractivity contribution in [3.05, 3.63) is 47.3 Å². The van der Waals surface area contributed by atoms with E-state index < -0.39 is 10.0 Å². The summed E-state index contributed by atoms with van der Waals surface area (Å²) in [5.41, 5.74) is 2.02. The van der Waals surface area contributed by atoms with Crippen molar-refractivity contribution in [1.29, 1.82) is 0 Å². The summed E-state index contributed by atoms with van der Waals surface area (Å²) in [6.07, 6.45) is 1.12. The Balaban J connectivity index is 1.68. The number of anilines is 1. The summed E-state index contributed by atoms with van der Waals surface area (Å²) in [4.78, 5) is 14.8. The second-order valence-corrected chi connectivity index (χ2v) is 9.64. The van der Waals surface area contributed by atoms with Crippen molar-refractivity contribution in [2.24, 2.45) is 5.92 Å². The largest absolute Gasteiger partial charge is 0.312 e. The molecule has 1 fully saturated rings. The first kappa shape index (κ1) is 19.1. The molecule has 140 valence electrons. The number of hydrogen-bond donors (Lipinski definition) is 0. The normalized spacial score (nSPS) is 16.5. The maximum atomic E-state index is 13.0. The van der Waals surface area contributed by atoms with E-state index in [1.807, 2.05) is 38.1 Å². The SMILES string of the molecule is CCN(C(=O)C1CCN(S(=O)(=O)c2cccs2)CC1)c1cccc(C)c1. The van der Waals surface area contributed by atoms with Gasteiger partial charge in [0.15, 0.2) is 0 Å². The van der Waals surface area contributed by atoms with Crippen LogP contribution in [-0.2, 0) is 14.8 Å². The Hall–Kier alpha value is -1.70. The van der Waals surface area contributed by atoms with Gasteiger partial charge in [-0.2, -0.15) is 4.31 Å². The molecular formula is C19H24N2O3S2. The number of amides is 1. The molecule has 2 aromatic rings. The van der Waals surface area contributed by atoms with Crippen LogP contribution in [-0.4, -0.2) is 38.3 Å². The molecule has 0 saturated carbocycles. The molecule has 0 unspecified atom stereocenters. The van der Waals surface area contributed by atoms with Gasteiger partial charge in [-0.05, 0) is 55.8 Å². The molecule has 1 amide bonds. The Bertz CT molecular complexity index is 855. The highest BCUT2D eigenvalue weighted by molar-refractivity contribution is 7.91. The van der Waals surface area contributed by atoms with Crippen LogP contribution in [0.2, 0.25) is 0 Å². The Morgan fingerprint density at radius 3 is 2.54 bits per heavy atom. The zero-order chi connectivity index (χ0) is 18.7. The smallest absolute Gasteiger partial charge is 0.252 e. The van der Waals surface area contributed by atoms with E-state index in [4.69, 9.17) is 0 Å². The van der Waals surface area contributed by atoms with E-state index in [2.05, 4.69) is 0 Å². The predicted octanol–water partition coefficient (Wildman–Crippen LogP) is 3.51. The van der Waals surface area contributed by atoms with Gasteiger partial charge in [0.2, 0.25) is 5.91 Å². The van der Waals surface area contributed by atoms with Crippen molar-refractivity contribution < 1.29 is 13.2 Å². The van der Waals surface area contributed by atoms with E-state index in [-0.39, 0.29) is 11.8 Å². The third-order valence-corrected chi connectivity index (χ3v) is 8.06. The van der Waals surface area contributed by atoms with Crippen LogP contribution in [0.3, 0.4) is 0 Å². The van der Waals surface area contributed by atoms with Gasteiger partial charge >= 0.3 is 0 Å². The molecule has 1 aliphatic rings. The molecule has 1 saturated heterocycles. The van der Waals surface area contributed by atoms with Gasteiger partial charge in [-0.15, -0.1) is 11.3 Å². The van der Waals surface area contributed by atoms with Crippen LogP contribution in [0.25, 0.3) is 0 Å². The fourth-order valence-corrected chi connectivity index (χ4v) is 5.98. The Morgan fingerprint density at radius 1 is 1.23 bits per heavy atom. The van der Waals surface area contributed by atoms with Crippen LogP contribution in [0.4, 0.5) is 5.69 Å². The molecular weight excluding hydrogens is 368 g/mol. The molecule has 0 bridgehead atoms. The number of carbonyl (C=O) groups is 1. The number of thiophene rings is 1. The predicted molar refractivity (Wildman–Crippen MR) is 105 cm³/mol. The van der Waals surface area contributed by atoms with Crippen molar-refractivity contribution in [3.63, 3.8) is 0 Å². The molecule has 2 heterocycles. The molecule has 0 atom stereocenters. The van der Waals surface area contributed by atoms with Gasteiger partial charge < -0.3 is 4.90 Å². The Morgan fingerprint density at radius 2 is 1.96 bits per heavy atom. The van der Waals surface area contributed by atoms with E-state index >= 15 is 0 Å². The maximum Gasteiger partial charge on any atom is 0.252 e. The summed E-state index contributed by atoms with van der Waals surface area (Å²) in [6, 6.07) is 11.3. The fourth-order valence-electron chi connectivity index (χ4n) is 3.36.